The molecule has 1 aliphatic rings. The third-order valence-corrected chi connectivity index (χ3v) is 4.92. The van der Waals surface area contributed by atoms with Crippen LogP contribution in [0.2, 0.25) is 0 Å². The van der Waals surface area contributed by atoms with E-state index in [1.54, 1.807) is 21.9 Å². The summed E-state index contributed by atoms with van der Waals surface area (Å²) in [7, 11) is 0. The summed E-state index contributed by atoms with van der Waals surface area (Å²) in [5.74, 6) is -0.591. The Labute approximate surface area is 175 Å². The zero-order valence-electron chi connectivity index (χ0n) is 16.2. The highest BCUT2D eigenvalue weighted by Gasteiger charge is 2.35. The molecule has 3 aromatic rings. The molecule has 1 saturated heterocycles. The zero-order chi connectivity index (χ0) is 22.0. The highest BCUT2D eigenvalue weighted by atomic mass is 19.4. The number of piperazine rings is 1. The summed E-state index contributed by atoms with van der Waals surface area (Å²) in [5, 5.41) is 0. The smallest absolute Gasteiger partial charge is 0.353 e. The van der Waals surface area contributed by atoms with Crippen molar-refractivity contribution < 1.29 is 22.4 Å². The third kappa shape index (κ3) is 4.62. The molecule has 0 atom stereocenters. The maximum Gasteiger partial charge on any atom is 0.433 e. The highest BCUT2D eigenvalue weighted by molar-refractivity contribution is 5.94. The lowest BCUT2D eigenvalue weighted by Crippen LogP contribution is -2.49. The standard InChI is InChI=1S/C21H17F4N5O/c22-16-3-1-15(2-4-16)20(31)30-11-9-29(10-12-30)18-13-17(21(23,24)25)27-19(28-18)14-5-7-26-8-6-14/h1-8,13H,9-12H2. The predicted octanol–water partition coefficient (Wildman–Crippen LogP) is 3.66. The minimum atomic E-state index is -4.63. The van der Waals surface area contributed by atoms with E-state index in [4.69, 9.17) is 0 Å². The van der Waals surface area contributed by atoms with Gasteiger partial charge in [0.1, 0.15) is 11.6 Å². The van der Waals surface area contributed by atoms with E-state index in [1.165, 1.54) is 36.7 Å². The number of aromatic nitrogens is 3. The summed E-state index contributed by atoms with van der Waals surface area (Å²) in [5.41, 5.74) is -0.252. The van der Waals surface area contributed by atoms with Crippen LogP contribution in [0.5, 0.6) is 0 Å². The Morgan fingerprint density at radius 2 is 1.55 bits per heavy atom. The van der Waals surface area contributed by atoms with Gasteiger partial charge in [-0.2, -0.15) is 13.2 Å². The van der Waals surface area contributed by atoms with Crippen LogP contribution in [0.25, 0.3) is 11.4 Å². The topological polar surface area (TPSA) is 62.2 Å². The van der Waals surface area contributed by atoms with Crippen LogP contribution in [0.3, 0.4) is 0 Å². The maximum atomic E-state index is 13.4. The maximum absolute atomic E-state index is 13.4. The molecule has 4 rings (SSSR count). The minimum absolute atomic E-state index is 0.0444. The Morgan fingerprint density at radius 1 is 0.903 bits per heavy atom. The van der Waals surface area contributed by atoms with E-state index >= 15 is 0 Å². The lowest BCUT2D eigenvalue weighted by atomic mass is 10.1. The fraction of sp³-hybridized carbons (Fsp3) is 0.238. The number of alkyl halides is 3. The average Bonchev–Trinajstić information content (AvgIpc) is 2.79. The number of anilines is 1. The molecule has 0 aliphatic carbocycles. The Morgan fingerprint density at radius 3 is 2.16 bits per heavy atom. The molecule has 3 heterocycles. The molecule has 0 radical (unpaired) electrons. The van der Waals surface area contributed by atoms with Crippen molar-refractivity contribution in [2.75, 3.05) is 31.1 Å². The first kappa shape index (κ1) is 20.7. The van der Waals surface area contributed by atoms with Crippen LogP contribution >= 0.6 is 0 Å². The fourth-order valence-electron chi connectivity index (χ4n) is 3.29. The molecular formula is C21H17F4N5O. The van der Waals surface area contributed by atoms with Gasteiger partial charge in [-0.25, -0.2) is 14.4 Å². The number of halogens is 4. The van der Waals surface area contributed by atoms with Gasteiger partial charge in [-0.05, 0) is 36.4 Å². The molecule has 0 spiro atoms. The van der Waals surface area contributed by atoms with E-state index in [2.05, 4.69) is 15.0 Å². The van der Waals surface area contributed by atoms with E-state index in [-0.39, 0.29) is 17.5 Å². The number of benzene rings is 1. The van der Waals surface area contributed by atoms with Crippen molar-refractivity contribution >= 4 is 11.7 Å². The monoisotopic (exact) mass is 431 g/mol. The summed E-state index contributed by atoms with van der Waals surface area (Å²) in [4.78, 5) is 27.7. The summed E-state index contributed by atoms with van der Waals surface area (Å²) in [6, 6.07) is 9.24. The molecule has 31 heavy (non-hydrogen) atoms. The van der Waals surface area contributed by atoms with Gasteiger partial charge in [0.2, 0.25) is 0 Å². The van der Waals surface area contributed by atoms with Crippen molar-refractivity contribution in [3.63, 3.8) is 0 Å². The van der Waals surface area contributed by atoms with Gasteiger partial charge in [0.25, 0.3) is 5.91 Å². The van der Waals surface area contributed by atoms with Crippen molar-refractivity contribution in [2.24, 2.45) is 0 Å². The quantitative estimate of drug-likeness (QED) is 0.593. The van der Waals surface area contributed by atoms with Crippen LogP contribution in [0.4, 0.5) is 23.4 Å². The van der Waals surface area contributed by atoms with E-state index in [0.717, 1.165) is 6.07 Å². The molecule has 10 heteroatoms. The second-order valence-electron chi connectivity index (χ2n) is 6.95. The van der Waals surface area contributed by atoms with Crippen LogP contribution in [-0.2, 0) is 6.18 Å². The number of amides is 1. The molecule has 2 aromatic heterocycles. The van der Waals surface area contributed by atoms with Crippen molar-refractivity contribution in [1.82, 2.24) is 19.9 Å². The SMILES string of the molecule is O=C(c1ccc(F)cc1)N1CCN(c2cc(C(F)(F)F)nc(-c3ccncc3)n2)CC1. The Bertz CT molecular complexity index is 1070. The Kier molecular flexibility index (Phi) is 5.53. The molecule has 6 nitrogen and oxygen atoms in total. The van der Waals surface area contributed by atoms with Crippen LogP contribution < -0.4 is 4.90 Å². The van der Waals surface area contributed by atoms with E-state index in [1.807, 2.05) is 0 Å². The minimum Gasteiger partial charge on any atom is -0.353 e. The van der Waals surface area contributed by atoms with Gasteiger partial charge < -0.3 is 9.80 Å². The van der Waals surface area contributed by atoms with Crippen LogP contribution in [0, 0.1) is 5.82 Å². The Hall–Kier alpha value is -3.56. The molecule has 1 aliphatic heterocycles. The van der Waals surface area contributed by atoms with Crippen LogP contribution in [0.1, 0.15) is 16.1 Å². The summed E-state index contributed by atoms with van der Waals surface area (Å²) >= 11 is 0. The van der Waals surface area contributed by atoms with Crippen molar-refractivity contribution in [1.29, 1.82) is 0 Å². The third-order valence-electron chi connectivity index (χ3n) is 4.92. The average molecular weight is 431 g/mol. The number of hydrogen-bond donors (Lipinski definition) is 0. The van der Waals surface area contributed by atoms with Gasteiger partial charge in [-0.15, -0.1) is 0 Å². The largest absolute Gasteiger partial charge is 0.433 e. The molecule has 0 N–H and O–H groups in total. The van der Waals surface area contributed by atoms with Crippen molar-refractivity contribution in [3.05, 3.63) is 71.9 Å². The van der Waals surface area contributed by atoms with Gasteiger partial charge in [0.15, 0.2) is 11.5 Å². The number of hydrogen-bond acceptors (Lipinski definition) is 5. The van der Waals surface area contributed by atoms with Gasteiger partial charge in [-0.1, -0.05) is 0 Å². The molecule has 160 valence electrons. The molecule has 0 saturated carbocycles. The number of pyridine rings is 1. The summed E-state index contributed by atoms with van der Waals surface area (Å²) in [6.45, 7) is 1.20. The molecule has 1 fully saturated rings. The lowest BCUT2D eigenvalue weighted by molar-refractivity contribution is -0.141. The van der Waals surface area contributed by atoms with Crippen LogP contribution in [0.15, 0.2) is 54.9 Å². The fourth-order valence-corrected chi connectivity index (χ4v) is 3.29. The number of carbonyl (C=O) groups is 1. The highest BCUT2D eigenvalue weighted by Crippen LogP contribution is 2.32. The normalized spacial score (nSPS) is 14.6. The number of rotatable bonds is 3. The first-order chi connectivity index (χ1) is 14.8. The van der Waals surface area contributed by atoms with E-state index < -0.39 is 17.7 Å². The number of carbonyl (C=O) groups excluding carboxylic acids is 1. The first-order valence-corrected chi connectivity index (χ1v) is 9.48. The molecule has 1 amide bonds. The summed E-state index contributed by atoms with van der Waals surface area (Å²) < 4.78 is 53.3. The van der Waals surface area contributed by atoms with Gasteiger partial charge >= 0.3 is 6.18 Å². The van der Waals surface area contributed by atoms with Gasteiger partial charge in [-0.3, -0.25) is 9.78 Å². The molecule has 0 unspecified atom stereocenters. The van der Waals surface area contributed by atoms with Crippen molar-refractivity contribution in [2.45, 2.75) is 6.18 Å². The molecular weight excluding hydrogens is 414 g/mol. The van der Waals surface area contributed by atoms with Crippen molar-refractivity contribution in [3.8, 4) is 11.4 Å². The van der Waals surface area contributed by atoms with Gasteiger partial charge in [0, 0.05) is 55.8 Å². The van der Waals surface area contributed by atoms with E-state index in [0.29, 0.717) is 37.3 Å². The van der Waals surface area contributed by atoms with Crippen LogP contribution in [-0.4, -0.2) is 51.9 Å². The number of nitrogens with zero attached hydrogens (tertiary/aromatic N) is 5. The zero-order valence-corrected chi connectivity index (χ0v) is 16.2. The summed E-state index contributed by atoms with van der Waals surface area (Å²) in [6.07, 6.45) is -1.71. The molecule has 1 aromatic carbocycles. The van der Waals surface area contributed by atoms with E-state index in [9.17, 15) is 22.4 Å². The van der Waals surface area contributed by atoms with Gasteiger partial charge in [0.05, 0.1) is 0 Å². The first-order valence-electron chi connectivity index (χ1n) is 9.48. The second-order valence-corrected chi connectivity index (χ2v) is 6.95. The molecule has 0 bridgehead atoms. The second kappa shape index (κ2) is 8.29. The Balaban J connectivity index is 1.55. The lowest BCUT2D eigenvalue weighted by Gasteiger charge is -2.35. The predicted molar refractivity (Wildman–Crippen MR) is 105 cm³/mol.